The number of likely N-dealkylation sites (tertiary alicyclic amines) is 1. The molecule has 1 N–H and O–H groups in total. The maximum Gasteiger partial charge on any atom is 0.174 e. The molecule has 2 heterocycles. The molecule has 0 aromatic heterocycles. The van der Waals surface area contributed by atoms with E-state index in [1.165, 1.54) is 29.5 Å². The van der Waals surface area contributed by atoms with Crippen LogP contribution in [-0.2, 0) is 28.0 Å². The zero-order chi connectivity index (χ0) is 22.4. The summed E-state index contributed by atoms with van der Waals surface area (Å²) in [4.78, 5) is 16.0. The Labute approximate surface area is 206 Å². The number of hydrogen-bond donors (Lipinski definition) is 1. The first kappa shape index (κ1) is 22.4. The van der Waals surface area contributed by atoms with Gasteiger partial charge in [-0.15, -0.1) is 12.4 Å². The number of carbonyl (C=O) groups is 1. The second-order valence-corrected chi connectivity index (χ2v) is 10.9. The lowest BCUT2D eigenvalue weighted by Crippen LogP contribution is -2.77. The van der Waals surface area contributed by atoms with Crippen LogP contribution < -0.4 is 4.74 Å². The van der Waals surface area contributed by atoms with Gasteiger partial charge in [-0.05, 0) is 74.2 Å². The van der Waals surface area contributed by atoms with Gasteiger partial charge in [0.2, 0.25) is 0 Å². The maximum absolute atomic E-state index is 13.3. The van der Waals surface area contributed by atoms with Gasteiger partial charge < -0.3 is 14.6 Å². The van der Waals surface area contributed by atoms with Crippen LogP contribution in [0.3, 0.4) is 0 Å². The summed E-state index contributed by atoms with van der Waals surface area (Å²) in [5.41, 5.74) is 3.70. The number of rotatable bonds is 5. The van der Waals surface area contributed by atoms with Gasteiger partial charge in [0.15, 0.2) is 23.4 Å². The maximum atomic E-state index is 13.3. The highest BCUT2D eigenvalue weighted by Crippen LogP contribution is 2.66. The lowest BCUT2D eigenvalue weighted by Gasteiger charge is -2.64. The SMILES string of the molecule is Cc1ccccc1CO[C@@]12CCC(=O)[C@@H]3Oc4c(O)ccc5c4[C@@]31CCN(CC1CC1)[C@@H]2C5.Cl. The van der Waals surface area contributed by atoms with E-state index in [9.17, 15) is 9.90 Å². The van der Waals surface area contributed by atoms with Crippen molar-refractivity contribution < 1.29 is 19.4 Å². The third kappa shape index (κ3) is 2.84. The average molecular weight is 482 g/mol. The van der Waals surface area contributed by atoms with Gasteiger partial charge in [-0.3, -0.25) is 9.69 Å². The molecule has 2 saturated carbocycles. The zero-order valence-electron chi connectivity index (χ0n) is 19.6. The van der Waals surface area contributed by atoms with Gasteiger partial charge in [0.1, 0.15) is 0 Å². The first-order valence-corrected chi connectivity index (χ1v) is 12.5. The molecule has 3 aliphatic carbocycles. The highest BCUT2D eigenvalue weighted by molar-refractivity contribution is 5.90. The number of phenols is 1. The lowest BCUT2D eigenvalue weighted by molar-refractivity contribution is -0.218. The van der Waals surface area contributed by atoms with E-state index in [1.54, 1.807) is 6.07 Å². The normalized spacial score (nSPS) is 33.1. The Morgan fingerprint density at radius 2 is 2.00 bits per heavy atom. The van der Waals surface area contributed by atoms with E-state index >= 15 is 0 Å². The van der Waals surface area contributed by atoms with E-state index in [0.717, 1.165) is 43.8 Å². The lowest BCUT2D eigenvalue weighted by atomic mass is 9.48. The standard InChI is InChI=1S/C28H31NO4.ClH/c1-17-4-2-3-5-20(17)16-32-28-11-10-22(31)26-27(28)12-13-29(15-18-6-7-18)23(28)14-19-8-9-21(30)25(33-26)24(19)27;/h2-5,8-9,18,23,26,30H,6-7,10-16H2,1H3;1H/t23-,26+,27+,28-;/m1./s1. The molecule has 4 atom stereocenters. The van der Waals surface area contributed by atoms with Crippen LogP contribution in [0.25, 0.3) is 0 Å². The van der Waals surface area contributed by atoms with Gasteiger partial charge in [0.05, 0.1) is 17.6 Å². The van der Waals surface area contributed by atoms with Gasteiger partial charge >= 0.3 is 0 Å². The quantitative estimate of drug-likeness (QED) is 0.682. The molecule has 0 amide bonds. The zero-order valence-corrected chi connectivity index (χ0v) is 20.4. The number of hydrogen-bond acceptors (Lipinski definition) is 5. The molecule has 5 aliphatic rings. The first-order chi connectivity index (χ1) is 16.0. The highest BCUT2D eigenvalue weighted by Gasteiger charge is 2.74. The van der Waals surface area contributed by atoms with E-state index in [2.05, 4.69) is 42.2 Å². The molecule has 3 fully saturated rings. The Morgan fingerprint density at radius 3 is 2.79 bits per heavy atom. The van der Waals surface area contributed by atoms with Crippen LogP contribution in [-0.4, -0.2) is 46.6 Å². The second kappa shape index (κ2) is 7.71. The summed E-state index contributed by atoms with van der Waals surface area (Å²) in [6.45, 7) is 4.74. The molecule has 2 aromatic rings. The number of Topliss-reactive ketones (excluding diaryl/α,β-unsaturated/α-hetero) is 1. The van der Waals surface area contributed by atoms with Crippen LogP contribution in [0.4, 0.5) is 0 Å². The van der Waals surface area contributed by atoms with Crippen LogP contribution in [0.15, 0.2) is 36.4 Å². The van der Waals surface area contributed by atoms with Crippen LogP contribution in [0.1, 0.15) is 54.4 Å². The molecule has 2 bridgehead atoms. The van der Waals surface area contributed by atoms with Crippen molar-refractivity contribution in [2.75, 3.05) is 13.1 Å². The number of ether oxygens (including phenoxy) is 2. The van der Waals surface area contributed by atoms with E-state index in [1.807, 2.05) is 0 Å². The van der Waals surface area contributed by atoms with E-state index in [-0.39, 0.29) is 30.0 Å². The van der Waals surface area contributed by atoms with E-state index < -0.39 is 17.1 Å². The fraction of sp³-hybridized carbons (Fsp3) is 0.536. The van der Waals surface area contributed by atoms with Gasteiger partial charge in [-0.1, -0.05) is 30.3 Å². The minimum absolute atomic E-state index is 0. The average Bonchev–Trinajstić information content (AvgIpc) is 3.55. The Kier molecular flexibility index (Phi) is 5.08. The number of halogens is 1. The summed E-state index contributed by atoms with van der Waals surface area (Å²) < 4.78 is 13.5. The molecule has 5 nitrogen and oxygen atoms in total. The topological polar surface area (TPSA) is 59.0 Å². The van der Waals surface area contributed by atoms with Crippen LogP contribution >= 0.6 is 12.4 Å². The summed E-state index contributed by atoms with van der Waals surface area (Å²) in [7, 11) is 0. The predicted molar refractivity (Wildman–Crippen MR) is 131 cm³/mol. The smallest absolute Gasteiger partial charge is 0.174 e. The summed E-state index contributed by atoms with van der Waals surface area (Å²) >= 11 is 0. The summed E-state index contributed by atoms with van der Waals surface area (Å²) in [6, 6.07) is 12.4. The van der Waals surface area contributed by atoms with Gasteiger partial charge in [0.25, 0.3) is 0 Å². The third-order valence-corrected chi connectivity index (χ3v) is 9.26. The number of piperidine rings is 1. The van der Waals surface area contributed by atoms with Gasteiger partial charge in [-0.2, -0.15) is 0 Å². The van der Waals surface area contributed by atoms with Crippen LogP contribution in [0, 0.1) is 12.8 Å². The third-order valence-electron chi connectivity index (χ3n) is 9.26. The largest absolute Gasteiger partial charge is 0.504 e. The van der Waals surface area contributed by atoms with Crippen molar-refractivity contribution in [2.45, 2.75) is 75.2 Å². The fourth-order valence-corrected chi connectivity index (χ4v) is 7.51. The van der Waals surface area contributed by atoms with Crippen LogP contribution in [0.5, 0.6) is 11.5 Å². The minimum atomic E-state index is -0.559. The van der Waals surface area contributed by atoms with Crippen molar-refractivity contribution >= 4 is 18.2 Å². The second-order valence-electron chi connectivity index (χ2n) is 10.9. The molecule has 1 spiro atoms. The van der Waals surface area contributed by atoms with Crippen molar-refractivity contribution in [3.8, 4) is 11.5 Å². The molecule has 7 rings (SSSR count). The number of aromatic hydroxyl groups is 1. The molecule has 34 heavy (non-hydrogen) atoms. The Hall–Kier alpha value is -2.08. The molecular weight excluding hydrogens is 450 g/mol. The van der Waals surface area contributed by atoms with Crippen molar-refractivity contribution in [1.29, 1.82) is 0 Å². The minimum Gasteiger partial charge on any atom is -0.504 e. The number of aryl methyl sites for hydroxylation is 1. The summed E-state index contributed by atoms with van der Waals surface area (Å²) in [6.07, 6.45) is 5.00. The molecular formula is C28H32ClNO4. The van der Waals surface area contributed by atoms with E-state index in [4.69, 9.17) is 9.47 Å². The van der Waals surface area contributed by atoms with E-state index in [0.29, 0.717) is 18.8 Å². The molecule has 180 valence electrons. The molecule has 2 aromatic carbocycles. The first-order valence-electron chi connectivity index (χ1n) is 12.5. The molecule has 1 saturated heterocycles. The van der Waals surface area contributed by atoms with Gasteiger partial charge in [-0.25, -0.2) is 0 Å². The Balaban J connectivity index is 0.00000217. The van der Waals surface area contributed by atoms with Crippen molar-refractivity contribution in [1.82, 2.24) is 4.90 Å². The molecule has 0 unspecified atom stereocenters. The molecule has 2 aliphatic heterocycles. The number of phenolic OH excluding ortho intramolecular Hbond substituents is 1. The number of nitrogens with zero attached hydrogens (tertiary/aromatic N) is 1. The highest BCUT2D eigenvalue weighted by atomic mass is 35.5. The number of ketones is 1. The van der Waals surface area contributed by atoms with Crippen molar-refractivity contribution in [3.05, 3.63) is 58.7 Å². The molecule has 0 radical (unpaired) electrons. The van der Waals surface area contributed by atoms with Crippen molar-refractivity contribution in [3.63, 3.8) is 0 Å². The van der Waals surface area contributed by atoms with Crippen molar-refractivity contribution in [2.24, 2.45) is 5.92 Å². The Morgan fingerprint density at radius 1 is 1.18 bits per heavy atom. The Bertz CT molecular complexity index is 1160. The number of benzene rings is 2. The van der Waals surface area contributed by atoms with Crippen LogP contribution in [0.2, 0.25) is 0 Å². The monoisotopic (exact) mass is 481 g/mol. The predicted octanol–water partition coefficient (Wildman–Crippen LogP) is 4.48. The van der Waals surface area contributed by atoms with Gasteiger partial charge in [0, 0.05) is 24.6 Å². The number of carbonyl (C=O) groups excluding carboxylic acids is 1. The fourth-order valence-electron chi connectivity index (χ4n) is 7.51. The molecule has 6 heteroatoms. The summed E-state index contributed by atoms with van der Waals surface area (Å²) in [5.74, 6) is 1.63. The summed E-state index contributed by atoms with van der Waals surface area (Å²) in [5, 5.41) is 10.7.